The molecule has 0 aliphatic rings. The number of hydrogen-bond donors (Lipinski definition) is 1. The van der Waals surface area contributed by atoms with E-state index >= 15 is 0 Å². The lowest BCUT2D eigenvalue weighted by Crippen LogP contribution is -2.50. The van der Waals surface area contributed by atoms with Crippen LogP contribution in [0, 0.1) is 0 Å². The normalized spacial score (nSPS) is 11.6. The Bertz CT molecular complexity index is 1240. The predicted molar refractivity (Wildman–Crippen MR) is 152 cm³/mol. The van der Waals surface area contributed by atoms with E-state index in [2.05, 4.69) is 45.5 Å². The van der Waals surface area contributed by atoms with Gasteiger partial charge in [-0.15, -0.1) is 0 Å². The van der Waals surface area contributed by atoms with Gasteiger partial charge in [0.25, 0.3) is 0 Å². The lowest BCUT2D eigenvalue weighted by molar-refractivity contribution is -0.141. The molecule has 0 spiro atoms. The first-order valence-corrected chi connectivity index (χ1v) is 13.2. The smallest absolute Gasteiger partial charge is 0.242 e. The molecule has 37 heavy (non-hydrogen) atoms. The Kier molecular flexibility index (Phi) is 9.28. The molecule has 188 valence electrons. The molecule has 0 heterocycles. The Balaban J connectivity index is 1.71. The second-order valence-corrected chi connectivity index (χ2v) is 9.96. The number of carbonyl (C=O) groups is 2. The molecule has 0 bridgehead atoms. The molecular weight excluding hydrogens is 524 g/mol. The van der Waals surface area contributed by atoms with Crippen LogP contribution in [0.25, 0.3) is 0 Å². The number of nitrogens with zero attached hydrogens (tertiary/aromatic N) is 1. The summed E-state index contributed by atoms with van der Waals surface area (Å²) in [5.41, 5.74) is 4.12. The fraction of sp³-hybridized carbons (Fsp3) is 0.188. The Morgan fingerprint density at radius 2 is 1.24 bits per heavy atom. The highest BCUT2D eigenvalue weighted by Gasteiger charge is 2.31. The third-order valence-corrected chi connectivity index (χ3v) is 7.09. The van der Waals surface area contributed by atoms with Crippen molar-refractivity contribution in [1.82, 2.24) is 10.2 Å². The number of carbonyl (C=O) groups excluding carboxylic acids is 2. The molecule has 0 unspecified atom stereocenters. The number of benzene rings is 4. The van der Waals surface area contributed by atoms with Gasteiger partial charge in [0.2, 0.25) is 11.8 Å². The molecule has 0 fully saturated rings. The molecule has 4 aromatic carbocycles. The summed E-state index contributed by atoms with van der Waals surface area (Å²) in [6, 6.07) is 37.3. The molecule has 0 radical (unpaired) electrons. The van der Waals surface area contributed by atoms with E-state index in [0.717, 1.165) is 26.7 Å². The number of hydrogen-bond acceptors (Lipinski definition) is 2. The van der Waals surface area contributed by atoms with Crippen molar-refractivity contribution < 1.29 is 9.59 Å². The lowest BCUT2D eigenvalue weighted by atomic mass is 9.87. The van der Waals surface area contributed by atoms with Crippen LogP contribution < -0.4 is 5.32 Å². The standard InChI is InChI=1S/C32H31BrN2O2/c1-34-32(37)30(21-24-11-5-2-6-12-24)35(23-25-17-19-28(33)20-18-25)31(36)22-29(26-13-7-3-8-14-26)27-15-9-4-10-16-27/h2-20,29-30H,21-23H2,1H3,(H,34,37)/t30-/m0/s1. The third kappa shape index (κ3) is 7.17. The fourth-order valence-electron chi connectivity index (χ4n) is 4.60. The van der Waals surface area contributed by atoms with Crippen LogP contribution in [0.2, 0.25) is 0 Å². The van der Waals surface area contributed by atoms with E-state index in [1.165, 1.54) is 0 Å². The summed E-state index contributed by atoms with van der Waals surface area (Å²) < 4.78 is 0.967. The van der Waals surface area contributed by atoms with Crippen LogP contribution in [0.15, 0.2) is 120 Å². The average Bonchev–Trinajstić information content (AvgIpc) is 2.95. The van der Waals surface area contributed by atoms with E-state index in [9.17, 15) is 9.59 Å². The number of halogens is 1. The number of rotatable bonds is 10. The van der Waals surface area contributed by atoms with E-state index in [4.69, 9.17) is 0 Å². The Morgan fingerprint density at radius 1 is 0.730 bits per heavy atom. The highest BCUT2D eigenvalue weighted by Crippen LogP contribution is 2.30. The summed E-state index contributed by atoms with van der Waals surface area (Å²) in [5.74, 6) is -0.361. The van der Waals surface area contributed by atoms with E-state index in [-0.39, 0.29) is 24.2 Å². The summed E-state index contributed by atoms with van der Waals surface area (Å²) in [4.78, 5) is 29.1. The molecule has 2 amide bonds. The Hall–Kier alpha value is -3.70. The minimum atomic E-state index is -0.643. The van der Waals surface area contributed by atoms with Crippen molar-refractivity contribution in [3.05, 3.63) is 142 Å². The van der Waals surface area contributed by atoms with Gasteiger partial charge >= 0.3 is 0 Å². The summed E-state index contributed by atoms with van der Waals surface area (Å²) >= 11 is 3.49. The molecular formula is C32H31BrN2O2. The zero-order valence-electron chi connectivity index (χ0n) is 20.9. The quantitative estimate of drug-likeness (QED) is 0.248. The van der Waals surface area contributed by atoms with Crippen molar-refractivity contribution in [2.24, 2.45) is 0 Å². The third-order valence-electron chi connectivity index (χ3n) is 6.57. The molecule has 0 aromatic heterocycles. The van der Waals surface area contributed by atoms with E-state index in [1.807, 2.05) is 91.0 Å². The van der Waals surface area contributed by atoms with E-state index in [0.29, 0.717) is 13.0 Å². The maximum atomic E-state index is 14.2. The van der Waals surface area contributed by atoms with Crippen LogP contribution in [-0.4, -0.2) is 29.8 Å². The number of amides is 2. The van der Waals surface area contributed by atoms with Gasteiger partial charge < -0.3 is 10.2 Å². The van der Waals surface area contributed by atoms with Crippen molar-refractivity contribution in [2.75, 3.05) is 7.05 Å². The Labute approximate surface area is 227 Å². The molecule has 1 atom stereocenters. The largest absolute Gasteiger partial charge is 0.357 e. The van der Waals surface area contributed by atoms with Gasteiger partial charge in [-0.25, -0.2) is 0 Å². The topological polar surface area (TPSA) is 49.4 Å². The predicted octanol–water partition coefficient (Wildman–Crippen LogP) is 6.36. The van der Waals surface area contributed by atoms with Crippen molar-refractivity contribution in [1.29, 1.82) is 0 Å². The second-order valence-electron chi connectivity index (χ2n) is 9.05. The van der Waals surface area contributed by atoms with Gasteiger partial charge in [0.15, 0.2) is 0 Å². The maximum Gasteiger partial charge on any atom is 0.242 e. The molecule has 0 saturated carbocycles. The fourth-order valence-corrected chi connectivity index (χ4v) is 4.86. The van der Waals surface area contributed by atoms with Gasteiger partial charge in [0, 0.05) is 36.8 Å². The van der Waals surface area contributed by atoms with Crippen molar-refractivity contribution in [3.63, 3.8) is 0 Å². The molecule has 1 N–H and O–H groups in total. The molecule has 4 nitrogen and oxygen atoms in total. The molecule has 4 aromatic rings. The SMILES string of the molecule is CNC(=O)[C@H](Cc1ccccc1)N(Cc1ccc(Br)cc1)C(=O)CC(c1ccccc1)c1ccccc1. The first kappa shape index (κ1) is 26.4. The highest BCUT2D eigenvalue weighted by atomic mass is 79.9. The van der Waals surface area contributed by atoms with Crippen LogP contribution in [-0.2, 0) is 22.6 Å². The number of likely N-dealkylation sites (N-methyl/N-ethyl adjacent to an activating group) is 1. The van der Waals surface area contributed by atoms with Gasteiger partial charge in [0.05, 0.1) is 0 Å². The van der Waals surface area contributed by atoms with E-state index < -0.39 is 6.04 Å². The van der Waals surface area contributed by atoms with Gasteiger partial charge in [-0.2, -0.15) is 0 Å². The summed E-state index contributed by atoms with van der Waals surface area (Å²) in [7, 11) is 1.62. The van der Waals surface area contributed by atoms with Crippen LogP contribution in [0.4, 0.5) is 0 Å². The molecule has 0 aliphatic carbocycles. The van der Waals surface area contributed by atoms with Crippen LogP contribution in [0.1, 0.15) is 34.6 Å². The van der Waals surface area contributed by atoms with Crippen molar-refractivity contribution >= 4 is 27.7 Å². The van der Waals surface area contributed by atoms with Crippen molar-refractivity contribution in [2.45, 2.75) is 31.3 Å². The van der Waals surface area contributed by atoms with Gasteiger partial charge in [-0.3, -0.25) is 9.59 Å². The molecule has 0 aliphatic heterocycles. The number of nitrogens with one attached hydrogen (secondary N) is 1. The van der Waals surface area contributed by atoms with Gasteiger partial charge in [-0.1, -0.05) is 119 Å². The molecule has 5 heteroatoms. The van der Waals surface area contributed by atoms with Crippen molar-refractivity contribution in [3.8, 4) is 0 Å². The van der Waals surface area contributed by atoms with E-state index in [1.54, 1.807) is 11.9 Å². The monoisotopic (exact) mass is 554 g/mol. The average molecular weight is 556 g/mol. The maximum absolute atomic E-state index is 14.2. The molecule has 0 saturated heterocycles. The zero-order valence-corrected chi connectivity index (χ0v) is 22.5. The highest BCUT2D eigenvalue weighted by molar-refractivity contribution is 9.10. The van der Waals surface area contributed by atoms with Gasteiger partial charge in [-0.05, 0) is 34.4 Å². The molecule has 4 rings (SSSR count). The second kappa shape index (κ2) is 13.0. The van der Waals surface area contributed by atoms with Crippen LogP contribution in [0.3, 0.4) is 0 Å². The summed E-state index contributed by atoms with van der Waals surface area (Å²) in [6.07, 6.45) is 0.691. The van der Waals surface area contributed by atoms with Crippen LogP contribution >= 0.6 is 15.9 Å². The first-order chi connectivity index (χ1) is 18.0. The first-order valence-electron chi connectivity index (χ1n) is 12.4. The zero-order chi connectivity index (χ0) is 26.0. The minimum Gasteiger partial charge on any atom is -0.357 e. The van der Waals surface area contributed by atoms with Crippen LogP contribution in [0.5, 0.6) is 0 Å². The summed E-state index contributed by atoms with van der Waals surface area (Å²) in [5, 5.41) is 2.79. The Morgan fingerprint density at radius 3 is 1.76 bits per heavy atom. The van der Waals surface area contributed by atoms with Gasteiger partial charge in [0.1, 0.15) is 6.04 Å². The lowest BCUT2D eigenvalue weighted by Gasteiger charge is -2.32. The minimum absolute atomic E-state index is 0.0647. The summed E-state index contributed by atoms with van der Waals surface area (Å²) in [6.45, 7) is 0.341.